The van der Waals surface area contributed by atoms with Gasteiger partial charge in [0.15, 0.2) is 11.4 Å². The van der Waals surface area contributed by atoms with Crippen LogP contribution < -0.4 is 9.44 Å². The van der Waals surface area contributed by atoms with Crippen LogP contribution in [-0.4, -0.2) is 88.8 Å². The summed E-state index contributed by atoms with van der Waals surface area (Å²) in [5, 5.41) is 40.6. The van der Waals surface area contributed by atoms with E-state index in [1.54, 1.807) is 94.0 Å². The second kappa shape index (κ2) is 24.0. The molecule has 28 heteroatoms. The smallest absolute Gasteiger partial charge is 0.355 e. The van der Waals surface area contributed by atoms with E-state index in [4.69, 9.17) is 10.2 Å². The van der Waals surface area contributed by atoms with Gasteiger partial charge in [0, 0.05) is 117 Å². The van der Waals surface area contributed by atoms with Crippen LogP contribution in [0.5, 0.6) is 0 Å². The van der Waals surface area contributed by atoms with Gasteiger partial charge in [-0.2, -0.15) is 20.4 Å². The first-order valence-electron chi connectivity index (χ1n) is 25.8. The van der Waals surface area contributed by atoms with Crippen molar-refractivity contribution in [3.8, 4) is 55.0 Å². The summed E-state index contributed by atoms with van der Waals surface area (Å²) in [4.78, 5) is 31.8. The van der Waals surface area contributed by atoms with Crippen molar-refractivity contribution < 1.29 is 54.9 Å². The number of hydrogen-bond donors (Lipinski definition) is 4. The van der Waals surface area contributed by atoms with Crippen LogP contribution in [0.1, 0.15) is 80.3 Å². The molecule has 2 unspecified atom stereocenters. The molecule has 0 aliphatic heterocycles. The van der Waals surface area contributed by atoms with Crippen LogP contribution in [0.2, 0.25) is 0 Å². The van der Waals surface area contributed by atoms with Gasteiger partial charge in [-0.15, -0.1) is 22.7 Å². The minimum absolute atomic E-state index is 0.104. The average molecular weight is 1220 g/mol. The summed E-state index contributed by atoms with van der Waals surface area (Å²) < 4.78 is 114. The van der Waals surface area contributed by atoms with Crippen LogP contribution in [0.3, 0.4) is 0 Å². The highest BCUT2D eigenvalue weighted by Gasteiger charge is 2.32. The molecule has 2 saturated carbocycles. The Hall–Kier alpha value is -8.54. The minimum atomic E-state index is -2.68. The number of carboxylic acids is 2. The summed E-state index contributed by atoms with van der Waals surface area (Å²) >= 11 is -3.10. The van der Waals surface area contributed by atoms with Gasteiger partial charge in [-0.25, -0.2) is 46.5 Å². The number of benzene rings is 4. The largest absolute Gasteiger partial charge is 0.755 e. The fraction of sp³-hybridized carbons (Fsp3) is 0.214. The molecular formula is C56H46F4N12O8S4-2. The van der Waals surface area contributed by atoms with Crippen LogP contribution in [-0.2, 0) is 62.3 Å². The Morgan fingerprint density at radius 2 is 1.11 bits per heavy atom. The van der Waals surface area contributed by atoms with Crippen molar-refractivity contribution in [2.45, 2.75) is 51.4 Å². The maximum Gasteiger partial charge on any atom is 0.355 e. The normalized spacial score (nSPS) is 13.8. The monoisotopic (exact) mass is 1220 g/mol. The number of aromatic nitrogens is 10. The number of hydrogen-bond acceptors (Lipinski definition) is 14. The van der Waals surface area contributed by atoms with Crippen molar-refractivity contribution in [2.75, 3.05) is 9.44 Å². The van der Waals surface area contributed by atoms with Crippen LogP contribution in [0.4, 0.5) is 28.9 Å². The number of aryl methyl sites for hydroxylation is 2. The zero-order valence-corrected chi connectivity index (χ0v) is 47.4. The second-order valence-electron chi connectivity index (χ2n) is 20.2. The highest BCUT2D eigenvalue weighted by atomic mass is 32.2. The van der Waals surface area contributed by atoms with E-state index in [2.05, 4.69) is 20.2 Å². The Morgan fingerprint density at radius 3 is 1.57 bits per heavy atom. The Kier molecular flexibility index (Phi) is 16.3. The number of thiazole rings is 2. The third-order valence-corrected chi connectivity index (χ3v) is 16.4. The maximum absolute atomic E-state index is 15.1. The molecule has 0 spiro atoms. The lowest BCUT2D eigenvalue weighted by molar-refractivity contribution is 0.0680. The van der Waals surface area contributed by atoms with Gasteiger partial charge in [0.2, 0.25) is 10.3 Å². The topological polar surface area (TPSA) is 276 Å². The molecule has 6 aromatic heterocycles. The molecule has 432 valence electrons. The number of anilines is 2. The summed E-state index contributed by atoms with van der Waals surface area (Å²) in [7, 11) is 3.48. The number of aromatic carboxylic acids is 2. The standard InChI is InChI=1S/2C28H24F2N6O4S2/c1-35-13-18(12-31-35)19-11-17(5-6-21(19)29)26-20(8-16-4-7-23(22(30)9-16)34-42(39)40)25(10-15-2-3-15)36(33-26)28-32-24(14-41-28)27(37)38;1-35-13-18(12-31-35)19-11-17(5-6-21(19)29)26-20(8-16-4-7-23(22(30)9-16)34-42(39)40)24(10-15-2-3-15)33-36(26)28-32-25(14-41-28)27(37)38/h2*4-7,9,11-15,34H,2-3,8,10H2,1H3,(H,37,38)(H,39,40)/p-2. The lowest BCUT2D eigenvalue weighted by atomic mass is 9.95. The molecule has 2 aliphatic carbocycles. The molecule has 4 aromatic carbocycles. The van der Waals surface area contributed by atoms with Gasteiger partial charge >= 0.3 is 11.9 Å². The van der Waals surface area contributed by atoms with E-state index in [9.17, 15) is 50.5 Å². The molecule has 4 N–H and O–H groups in total. The Balaban J connectivity index is 0.000000175. The number of nitrogens with one attached hydrogen (secondary N) is 2. The van der Waals surface area contributed by atoms with Gasteiger partial charge < -0.3 is 28.8 Å². The third-order valence-electron chi connectivity index (χ3n) is 14.0. The molecule has 0 radical (unpaired) electrons. The second-order valence-corrected chi connectivity index (χ2v) is 23.2. The van der Waals surface area contributed by atoms with Gasteiger partial charge in [-0.3, -0.25) is 17.8 Å². The van der Waals surface area contributed by atoms with Crippen molar-refractivity contribution in [2.24, 2.45) is 25.9 Å². The molecule has 0 amide bonds. The molecule has 6 heterocycles. The SMILES string of the molecule is Cn1cc(-c2cc(-c3c(Cc4ccc(NS(=O)[O-])c(F)c4)c(CC4CC4)nn3-c3nc(C(=O)O)cs3)ccc2F)cn1.Cn1cc(-c2cc(-c3nn(-c4nc(C(=O)O)cs4)c(CC4CC4)c3Cc3ccc(NS(=O)[O-])c(F)c3)ccc2F)cn1. The molecule has 2 atom stereocenters. The number of halogens is 4. The first kappa shape index (κ1) is 57.3. The number of carboxylic acid groups (broad SMARTS) is 2. The molecule has 10 aromatic rings. The zero-order chi connectivity index (χ0) is 59.1. The van der Waals surface area contributed by atoms with E-state index in [1.807, 2.05) is 9.44 Å². The van der Waals surface area contributed by atoms with Crippen LogP contribution in [0, 0.1) is 35.1 Å². The highest BCUT2D eigenvalue weighted by Crippen LogP contribution is 2.42. The number of nitrogens with zero attached hydrogens (tertiary/aromatic N) is 10. The fourth-order valence-corrected chi connectivity index (χ4v) is 11.9. The molecule has 12 rings (SSSR count). The summed E-state index contributed by atoms with van der Waals surface area (Å²) in [5.74, 6) is -3.84. The molecule has 2 fully saturated rings. The third kappa shape index (κ3) is 12.8. The van der Waals surface area contributed by atoms with Crippen molar-refractivity contribution in [3.05, 3.63) is 177 Å². The Morgan fingerprint density at radius 1 is 0.619 bits per heavy atom. The van der Waals surface area contributed by atoms with Gasteiger partial charge in [0.25, 0.3) is 0 Å². The van der Waals surface area contributed by atoms with Crippen LogP contribution in [0.15, 0.2) is 108 Å². The first-order chi connectivity index (χ1) is 40.3. The summed E-state index contributed by atoms with van der Waals surface area (Å²) in [5.41, 5.74) is 7.72. The molecule has 20 nitrogen and oxygen atoms in total. The predicted octanol–water partition coefficient (Wildman–Crippen LogP) is 10.2. The van der Waals surface area contributed by atoms with Crippen LogP contribution >= 0.6 is 22.7 Å². The van der Waals surface area contributed by atoms with Gasteiger partial charge in [0.05, 0.1) is 46.5 Å². The lowest BCUT2D eigenvalue weighted by Gasteiger charge is -2.13. The Labute approximate surface area is 488 Å². The molecule has 2 aliphatic rings. The van der Waals surface area contributed by atoms with Crippen molar-refractivity contribution in [1.29, 1.82) is 0 Å². The van der Waals surface area contributed by atoms with Gasteiger partial charge in [0.1, 0.15) is 23.3 Å². The molecule has 84 heavy (non-hydrogen) atoms. The number of rotatable bonds is 20. The predicted molar refractivity (Wildman–Crippen MR) is 304 cm³/mol. The summed E-state index contributed by atoms with van der Waals surface area (Å²) in [6.07, 6.45) is 12.4. The van der Waals surface area contributed by atoms with E-state index >= 15 is 4.39 Å². The van der Waals surface area contributed by atoms with Crippen molar-refractivity contribution in [3.63, 3.8) is 0 Å². The van der Waals surface area contributed by atoms with Gasteiger partial charge in [-0.05, 0) is 122 Å². The number of carbonyl (C=O) groups is 2. The first-order valence-corrected chi connectivity index (χ1v) is 29.7. The van der Waals surface area contributed by atoms with E-state index in [1.165, 1.54) is 47.2 Å². The van der Waals surface area contributed by atoms with E-state index in [0.29, 0.717) is 90.8 Å². The van der Waals surface area contributed by atoms with E-state index < -0.39 is 57.7 Å². The highest BCUT2D eigenvalue weighted by molar-refractivity contribution is 7.80. The van der Waals surface area contributed by atoms with E-state index in [-0.39, 0.29) is 35.6 Å². The van der Waals surface area contributed by atoms with Crippen molar-refractivity contribution >= 4 is 68.5 Å². The quantitative estimate of drug-likeness (QED) is 0.0408. The van der Waals surface area contributed by atoms with Gasteiger partial charge in [-0.1, -0.05) is 12.1 Å². The minimum Gasteiger partial charge on any atom is -0.755 e. The summed E-state index contributed by atoms with van der Waals surface area (Å²) in [6, 6.07) is 17.8. The fourth-order valence-electron chi connectivity index (χ4n) is 9.66. The average Bonchev–Trinajstić information content (AvgIpc) is 3.85. The zero-order valence-electron chi connectivity index (χ0n) is 44.2. The molecule has 0 bridgehead atoms. The lowest BCUT2D eigenvalue weighted by Crippen LogP contribution is -2.07. The molecule has 0 saturated heterocycles. The maximum atomic E-state index is 15.1. The summed E-state index contributed by atoms with van der Waals surface area (Å²) in [6.45, 7) is 0. The van der Waals surface area contributed by atoms with Crippen molar-refractivity contribution in [1.82, 2.24) is 49.1 Å². The molecular weight excluding hydrogens is 1170 g/mol. The van der Waals surface area contributed by atoms with Crippen LogP contribution in [0.25, 0.3) is 55.0 Å². The Bertz CT molecular complexity index is 4160. The van der Waals surface area contributed by atoms with E-state index in [0.717, 1.165) is 70.9 Å².